The number of hydrogen-bond donors (Lipinski definition) is 2. The number of aryl methyl sites for hydroxylation is 2. The minimum atomic E-state index is -0.416. The molecule has 1 atom stereocenters. The number of hydrogen-bond acceptors (Lipinski definition) is 3. The molecule has 112 valence electrons. The molecule has 21 heavy (non-hydrogen) atoms. The topological polar surface area (TPSA) is 79.8 Å². The second-order valence-corrected chi connectivity index (χ2v) is 5.38. The quantitative estimate of drug-likeness (QED) is 0.908. The summed E-state index contributed by atoms with van der Waals surface area (Å²) in [7, 11) is 1.86. The number of nitrogens with one attached hydrogen (secondary N) is 2. The van der Waals surface area contributed by atoms with E-state index in [1.807, 2.05) is 27.8 Å². The van der Waals surface area contributed by atoms with Crippen LogP contribution in [0.15, 0.2) is 17.1 Å². The monoisotopic (exact) mass is 308 g/mol. The van der Waals surface area contributed by atoms with Crippen LogP contribution in [0.5, 0.6) is 0 Å². The van der Waals surface area contributed by atoms with Gasteiger partial charge in [0.2, 0.25) is 0 Å². The zero-order valence-electron chi connectivity index (χ0n) is 12.3. The lowest BCUT2D eigenvalue weighted by Gasteiger charge is -2.15. The van der Waals surface area contributed by atoms with Crippen molar-refractivity contribution in [3.8, 4) is 0 Å². The van der Waals surface area contributed by atoms with Gasteiger partial charge in [-0.15, -0.1) is 0 Å². The second-order valence-electron chi connectivity index (χ2n) is 4.97. The summed E-state index contributed by atoms with van der Waals surface area (Å²) in [4.78, 5) is 25.8. The molecule has 6 nitrogen and oxygen atoms in total. The zero-order chi connectivity index (χ0) is 15.7. The van der Waals surface area contributed by atoms with Crippen molar-refractivity contribution in [3.05, 3.63) is 50.2 Å². The Morgan fingerprint density at radius 1 is 1.48 bits per heavy atom. The summed E-state index contributed by atoms with van der Waals surface area (Å²) < 4.78 is 1.78. The number of carbonyl (C=O) groups is 1. The van der Waals surface area contributed by atoms with Gasteiger partial charge in [0.15, 0.2) is 0 Å². The fourth-order valence-corrected chi connectivity index (χ4v) is 2.53. The van der Waals surface area contributed by atoms with E-state index in [-0.39, 0.29) is 17.0 Å². The first kappa shape index (κ1) is 15.3. The van der Waals surface area contributed by atoms with Gasteiger partial charge in [-0.1, -0.05) is 11.6 Å². The van der Waals surface area contributed by atoms with Crippen molar-refractivity contribution in [2.24, 2.45) is 7.05 Å². The number of pyridine rings is 1. The standard InChI is InChI=1S/C14H17ClN4O2/c1-7(12-8(2)18-19(4)9(12)3)17-13(20)10-5-11(15)14(21)16-6-10/h5-7H,1-4H3,(H,16,21)(H,17,20)/t7-/m1/s1. The lowest BCUT2D eigenvalue weighted by atomic mass is 10.1. The highest BCUT2D eigenvalue weighted by Gasteiger charge is 2.19. The highest BCUT2D eigenvalue weighted by atomic mass is 35.5. The Kier molecular flexibility index (Phi) is 4.18. The van der Waals surface area contributed by atoms with Crippen molar-refractivity contribution >= 4 is 17.5 Å². The summed E-state index contributed by atoms with van der Waals surface area (Å²) in [6.45, 7) is 5.75. The second kappa shape index (κ2) is 5.73. The molecule has 2 heterocycles. The van der Waals surface area contributed by atoms with Crippen molar-refractivity contribution < 1.29 is 4.79 Å². The molecular formula is C14H17ClN4O2. The third kappa shape index (κ3) is 3.00. The van der Waals surface area contributed by atoms with Gasteiger partial charge >= 0.3 is 0 Å². The van der Waals surface area contributed by atoms with Gasteiger partial charge in [-0.25, -0.2) is 0 Å². The van der Waals surface area contributed by atoms with Crippen LogP contribution in [0, 0.1) is 13.8 Å². The molecule has 2 N–H and O–H groups in total. The van der Waals surface area contributed by atoms with E-state index < -0.39 is 5.56 Å². The number of rotatable bonds is 3. The highest BCUT2D eigenvalue weighted by molar-refractivity contribution is 6.30. The molecule has 2 aromatic heterocycles. The average Bonchev–Trinajstić information content (AvgIpc) is 2.66. The Morgan fingerprint density at radius 2 is 2.14 bits per heavy atom. The Bertz CT molecular complexity index is 748. The minimum absolute atomic E-state index is 0.0101. The molecule has 0 saturated heterocycles. The molecule has 0 aliphatic carbocycles. The summed E-state index contributed by atoms with van der Waals surface area (Å²) in [6, 6.07) is 1.16. The van der Waals surface area contributed by atoms with E-state index in [2.05, 4.69) is 15.4 Å². The van der Waals surface area contributed by atoms with Crippen LogP contribution in [0.1, 0.15) is 40.3 Å². The van der Waals surface area contributed by atoms with Gasteiger partial charge in [-0.3, -0.25) is 14.3 Å². The molecule has 0 radical (unpaired) electrons. The zero-order valence-corrected chi connectivity index (χ0v) is 13.1. The van der Waals surface area contributed by atoms with Crippen LogP contribution in [0.2, 0.25) is 5.02 Å². The van der Waals surface area contributed by atoms with Crippen molar-refractivity contribution in [2.75, 3.05) is 0 Å². The number of halogens is 1. The van der Waals surface area contributed by atoms with Gasteiger partial charge in [0, 0.05) is 24.5 Å². The minimum Gasteiger partial charge on any atom is -0.345 e. The van der Waals surface area contributed by atoms with Crippen LogP contribution in [0.25, 0.3) is 0 Å². The van der Waals surface area contributed by atoms with Crippen LogP contribution >= 0.6 is 11.6 Å². The van der Waals surface area contributed by atoms with E-state index in [1.54, 1.807) is 4.68 Å². The van der Waals surface area contributed by atoms with Gasteiger partial charge in [-0.05, 0) is 26.8 Å². The summed E-state index contributed by atoms with van der Waals surface area (Å²) in [5, 5.41) is 7.21. The lowest BCUT2D eigenvalue weighted by molar-refractivity contribution is 0.0939. The largest absolute Gasteiger partial charge is 0.345 e. The number of aromatic amines is 1. The smallest absolute Gasteiger partial charge is 0.266 e. The molecule has 0 bridgehead atoms. The third-order valence-corrected chi connectivity index (χ3v) is 3.75. The SMILES string of the molecule is Cc1nn(C)c(C)c1[C@@H](C)NC(=O)c1c[nH]c(=O)c(Cl)c1. The molecule has 7 heteroatoms. The van der Waals surface area contributed by atoms with Crippen LogP contribution in [0.3, 0.4) is 0 Å². The Hall–Kier alpha value is -2.08. The van der Waals surface area contributed by atoms with Gasteiger partial charge in [0.25, 0.3) is 11.5 Å². The first-order valence-corrected chi connectivity index (χ1v) is 6.88. The summed E-state index contributed by atoms with van der Waals surface area (Å²) in [5.74, 6) is -0.302. The van der Waals surface area contributed by atoms with Crippen molar-refractivity contribution in [2.45, 2.75) is 26.8 Å². The first-order chi connectivity index (χ1) is 9.81. The van der Waals surface area contributed by atoms with Gasteiger partial charge in [-0.2, -0.15) is 5.10 Å². The van der Waals surface area contributed by atoms with E-state index in [0.29, 0.717) is 5.56 Å². The van der Waals surface area contributed by atoms with Gasteiger partial charge in [0.05, 0.1) is 17.3 Å². The normalized spacial score (nSPS) is 12.2. The van der Waals surface area contributed by atoms with E-state index in [0.717, 1.165) is 17.0 Å². The predicted octanol–water partition coefficient (Wildman–Crippen LogP) is 1.87. The molecule has 0 aliphatic rings. The average molecular weight is 309 g/mol. The molecule has 0 spiro atoms. The van der Waals surface area contributed by atoms with E-state index >= 15 is 0 Å². The number of nitrogens with zero attached hydrogens (tertiary/aromatic N) is 2. The molecule has 0 aliphatic heterocycles. The summed E-state index contributed by atoms with van der Waals surface area (Å²) in [5.41, 5.74) is 2.76. The molecule has 1 amide bonds. The van der Waals surface area contributed by atoms with Crippen molar-refractivity contribution in [3.63, 3.8) is 0 Å². The number of amides is 1. The van der Waals surface area contributed by atoms with Crippen molar-refractivity contribution in [1.82, 2.24) is 20.1 Å². The number of carbonyl (C=O) groups excluding carboxylic acids is 1. The molecule has 2 rings (SSSR count). The maximum Gasteiger partial charge on any atom is 0.266 e. The molecule has 0 aromatic carbocycles. The molecule has 0 unspecified atom stereocenters. The van der Waals surface area contributed by atoms with Crippen LogP contribution in [0.4, 0.5) is 0 Å². The predicted molar refractivity (Wildman–Crippen MR) is 80.6 cm³/mol. The molecule has 0 fully saturated rings. The maximum atomic E-state index is 12.2. The molecule has 0 saturated carbocycles. The fraction of sp³-hybridized carbons (Fsp3) is 0.357. The third-order valence-electron chi connectivity index (χ3n) is 3.47. The first-order valence-electron chi connectivity index (χ1n) is 6.50. The van der Waals surface area contributed by atoms with Crippen LogP contribution < -0.4 is 10.9 Å². The van der Waals surface area contributed by atoms with Crippen LogP contribution in [-0.2, 0) is 7.05 Å². The fourth-order valence-electron chi connectivity index (χ4n) is 2.36. The van der Waals surface area contributed by atoms with Crippen molar-refractivity contribution in [1.29, 1.82) is 0 Å². The number of H-pyrrole nitrogens is 1. The summed E-state index contributed by atoms with van der Waals surface area (Å²) >= 11 is 5.73. The van der Waals surface area contributed by atoms with Gasteiger partial charge < -0.3 is 10.3 Å². The Balaban J connectivity index is 2.22. The lowest BCUT2D eigenvalue weighted by Crippen LogP contribution is -2.28. The number of aromatic nitrogens is 3. The van der Waals surface area contributed by atoms with E-state index in [4.69, 9.17) is 11.6 Å². The van der Waals surface area contributed by atoms with E-state index in [9.17, 15) is 9.59 Å². The van der Waals surface area contributed by atoms with Gasteiger partial charge in [0.1, 0.15) is 5.02 Å². The van der Waals surface area contributed by atoms with E-state index in [1.165, 1.54) is 12.3 Å². The highest BCUT2D eigenvalue weighted by Crippen LogP contribution is 2.21. The molecule has 2 aromatic rings. The molecular weight excluding hydrogens is 292 g/mol. The summed E-state index contributed by atoms with van der Waals surface area (Å²) in [6.07, 6.45) is 1.35. The maximum absolute atomic E-state index is 12.2. The Morgan fingerprint density at radius 3 is 2.67 bits per heavy atom. The Labute approximate surface area is 127 Å². The van der Waals surface area contributed by atoms with Crippen LogP contribution in [-0.4, -0.2) is 20.7 Å².